The third kappa shape index (κ3) is 3.69. The highest BCUT2D eigenvalue weighted by molar-refractivity contribution is 5.78. The van der Waals surface area contributed by atoms with Crippen LogP contribution in [0.25, 0.3) is 0 Å². The summed E-state index contributed by atoms with van der Waals surface area (Å²) in [5.74, 6) is 1.79. The number of nitrogens with one attached hydrogen (secondary N) is 1. The van der Waals surface area contributed by atoms with Crippen LogP contribution in [0.3, 0.4) is 0 Å². The van der Waals surface area contributed by atoms with Crippen LogP contribution in [0.15, 0.2) is 0 Å². The summed E-state index contributed by atoms with van der Waals surface area (Å²) in [6.07, 6.45) is 3.90. The maximum Gasteiger partial charge on any atom is 0.236 e. The van der Waals surface area contributed by atoms with Gasteiger partial charge in [0, 0.05) is 32.2 Å². The first-order valence-corrected chi connectivity index (χ1v) is 7.78. The molecule has 1 aliphatic heterocycles. The van der Waals surface area contributed by atoms with Gasteiger partial charge in [0.05, 0.1) is 6.54 Å². The summed E-state index contributed by atoms with van der Waals surface area (Å²) in [5, 5.41) is 3.29. The van der Waals surface area contributed by atoms with Gasteiger partial charge in [0.15, 0.2) is 0 Å². The fraction of sp³-hybridized carbons (Fsp3) is 0.933. The average Bonchev–Trinajstić information content (AvgIpc) is 2.42. The molecule has 1 heterocycles. The lowest BCUT2D eigenvalue weighted by atomic mass is 9.77. The van der Waals surface area contributed by atoms with Crippen LogP contribution in [0.4, 0.5) is 0 Å². The summed E-state index contributed by atoms with van der Waals surface area (Å²) in [6, 6.07) is 0.579. The summed E-state index contributed by atoms with van der Waals surface area (Å²) >= 11 is 0. The Bertz CT molecular complexity index is 302. The molecule has 0 aromatic carbocycles. The van der Waals surface area contributed by atoms with E-state index in [4.69, 9.17) is 0 Å². The molecule has 1 saturated carbocycles. The third-order valence-corrected chi connectivity index (χ3v) is 5.08. The highest BCUT2D eigenvalue weighted by Crippen LogP contribution is 2.32. The quantitative estimate of drug-likeness (QED) is 0.834. The first-order valence-electron chi connectivity index (χ1n) is 7.78. The normalized spacial score (nSPS) is 32.6. The van der Waals surface area contributed by atoms with E-state index in [-0.39, 0.29) is 0 Å². The molecular formula is C15H29N3O. The topological polar surface area (TPSA) is 35.6 Å². The molecule has 4 nitrogen and oxygen atoms in total. The molecule has 2 fully saturated rings. The number of hydrogen-bond acceptors (Lipinski definition) is 3. The van der Waals surface area contributed by atoms with Crippen molar-refractivity contribution in [3.05, 3.63) is 0 Å². The van der Waals surface area contributed by atoms with Crippen molar-refractivity contribution in [2.75, 3.05) is 39.8 Å². The van der Waals surface area contributed by atoms with Gasteiger partial charge >= 0.3 is 0 Å². The summed E-state index contributed by atoms with van der Waals surface area (Å²) in [4.78, 5) is 16.6. The Balaban J connectivity index is 1.85. The summed E-state index contributed by atoms with van der Waals surface area (Å²) < 4.78 is 0. The fourth-order valence-corrected chi connectivity index (χ4v) is 3.52. The van der Waals surface area contributed by atoms with Crippen molar-refractivity contribution in [1.29, 1.82) is 0 Å². The van der Waals surface area contributed by atoms with E-state index in [2.05, 4.69) is 31.1 Å². The number of carbonyl (C=O) groups is 1. The molecule has 1 amide bonds. The summed E-state index contributed by atoms with van der Waals surface area (Å²) in [6.45, 7) is 8.88. The number of likely N-dealkylation sites (N-methyl/N-ethyl adjacent to an activating group) is 1. The molecule has 4 heteroatoms. The van der Waals surface area contributed by atoms with Gasteiger partial charge in [-0.2, -0.15) is 0 Å². The van der Waals surface area contributed by atoms with Gasteiger partial charge in [0.2, 0.25) is 5.91 Å². The van der Waals surface area contributed by atoms with Crippen molar-refractivity contribution in [2.45, 2.75) is 39.2 Å². The lowest BCUT2D eigenvalue weighted by Gasteiger charge is -2.40. The van der Waals surface area contributed by atoms with Gasteiger partial charge < -0.3 is 10.2 Å². The molecular weight excluding hydrogens is 238 g/mol. The molecule has 0 bridgehead atoms. The number of rotatable bonds is 3. The number of amides is 1. The Morgan fingerprint density at radius 3 is 2.63 bits per heavy atom. The molecule has 0 aromatic heterocycles. The van der Waals surface area contributed by atoms with E-state index in [9.17, 15) is 4.79 Å². The zero-order valence-electron chi connectivity index (χ0n) is 12.7. The van der Waals surface area contributed by atoms with E-state index in [1.807, 2.05) is 4.90 Å². The van der Waals surface area contributed by atoms with Crippen LogP contribution in [0.5, 0.6) is 0 Å². The Morgan fingerprint density at radius 2 is 1.95 bits per heavy atom. The Morgan fingerprint density at radius 1 is 1.26 bits per heavy atom. The van der Waals surface area contributed by atoms with Crippen LogP contribution in [0.1, 0.15) is 33.1 Å². The smallest absolute Gasteiger partial charge is 0.236 e. The Hall–Kier alpha value is -0.610. The van der Waals surface area contributed by atoms with E-state index in [0.29, 0.717) is 24.4 Å². The average molecular weight is 267 g/mol. The van der Waals surface area contributed by atoms with Crippen molar-refractivity contribution < 1.29 is 4.79 Å². The number of carbonyl (C=O) groups excluding carboxylic acids is 1. The second kappa shape index (κ2) is 6.71. The van der Waals surface area contributed by atoms with Gasteiger partial charge in [-0.15, -0.1) is 0 Å². The molecule has 2 rings (SSSR count). The second-order valence-corrected chi connectivity index (χ2v) is 6.38. The standard InChI is InChI=1S/C15H29N3O/c1-12-5-4-6-14(13(12)2)17(3)11-15(19)18-9-7-16-8-10-18/h12-14,16H,4-11H2,1-3H3. The molecule has 0 aromatic rings. The van der Waals surface area contributed by atoms with Crippen LogP contribution in [0, 0.1) is 11.8 Å². The van der Waals surface area contributed by atoms with Gasteiger partial charge in [0.25, 0.3) is 0 Å². The monoisotopic (exact) mass is 267 g/mol. The van der Waals surface area contributed by atoms with Crippen LogP contribution in [-0.4, -0.2) is 61.5 Å². The minimum Gasteiger partial charge on any atom is -0.339 e. The van der Waals surface area contributed by atoms with Crippen molar-refractivity contribution in [2.24, 2.45) is 11.8 Å². The zero-order valence-corrected chi connectivity index (χ0v) is 12.7. The van der Waals surface area contributed by atoms with E-state index in [1.54, 1.807) is 0 Å². The first-order chi connectivity index (χ1) is 9.09. The molecule has 3 atom stereocenters. The second-order valence-electron chi connectivity index (χ2n) is 6.38. The lowest BCUT2D eigenvalue weighted by molar-refractivity contribution is -0.133. The third-order valence-electron chi connectivity index (χ3n) is 5.08. The Kier molecular flexibility index (Phi) is 5.22. The van der Waals surface area contributed by atoms with E-state index in [0.717, 1.165) is 32.1 Å². The van der Waals surface area contributed by atoms with E-state index in [1.165, 1.54) is 19.3 Å². The molecule has 1 saturated heterocycles. The maximum absolute atomic E-state index is 12.3. The van der Waals surface area contributed by atoms with Gasteiger partial charge in [-0.25, -0.2) is 0 Å². The van der Waals surface area contributed by atoms with Crippen molar-refractivity contribution in [3.8, 4) is 0 Å². The first kappa shape index (κ1) is 14.8. The van der Waals surface area contributed by atoms with E-state index < -0.39 is 0 Å². The SMILES string of the molecule is CC1CCCC(N(C)CC(=O)N2CCNCC2)C1C. The predicted molar refractivity (Wildman–Crippen MR) is 78.0 cm³/mol. The zero-order chi connectivity index (χ0) is 13.8. The largest absolute Gasteiger partial charge is 0.339 e. The van der Waals surface area contributed by atoms with Crippen LogP contribution in [0.2, 0.25) is 0 Å². The predicted octanol–water partition coefficient (Wildman–Crippen LogP) is 1.17. The molecule has 19 heavy (non-hydrogen) atoms. The molecule has 110 valence electrons. The summed E-state index contributed by atoms with van der Waals surface area (Å²) in [5.41, 5.74) is 0. The Labute approximate surface area is 117 Å². The van der Waals surface area contributed by atoms with Gasteiger partial charge in [-0.3, -0.25) is 9.69 Å². The summed E-state index contributed by atoms with van der Waals surface area (Å²) in [7, 11) is 2.12. The highest BCUT2D eigenvalue weighted by atomic mass is 16.2. The number of piperazine rings is 1. The van der Waals surface area contributed by atoms with Gasteiger partial charge in [-0.1, -0.05) is 26.7 Å². The molecule has 0 spiro atoms. The van der Waals surface area contributed by atoms with E-state index >= 15 is 0 Å². The number of nitrogens with zero attached hydrogens (tertiary/aromatic N) is 2. The maximum atomic E-state index is 12.3. The molecule has 2 aliphatic rings. The minimum atomic E-state index is 0.300. The van der Waals surface area contributed by atoms with Gasteiger partial charge in [-0.05, 0) is 25.3 Å². The lowest BCUT2D eigenvalue weighted by Crippen LogP contribution is -2.51. The minimum absolute atomic E-state index is 0.300. The fourth-order valence-electron chi connectivity index (χ4n) is 3.52. The number of hydrogen-bond donors (Lipinski definition) is 1. The van der Waals surface area contributed by atoms with Crippen molar-refractivity contribution >= 4 is 5.91 Å². The van der Waals surface area contributed by atoms with Crippen molar-refractivity contribution in [1.82, 2.24) is 15.1 Å². The molecule has 0 radical (unpaired) electrons. The molecule has 3 unspecified atom stereocenters. The van der Waals surface area contributed by atoms with Crippen LogP contribution >= 0.6 is 0 Å². The molecule has 1 aliphatic carbocycles. The van der Waals surface area contributed by atoms with Crippen LogP contribution in [-0.2, 0) is 4.79 Å². The molecule has 1 N–H and O–H groups in total. The highest BCUT2D eigenvalue weighted by Gasteiger charge is 2.31. The van der Waals surface area contributed by atoms with Crippen LogP contribution < -0.4 is 5.32 Å². The van der Waals surface area contributed by atoms with Gasteiger partial charge in [0.1, 0.15) is 0 Å². The van der Waals surface area contributed by atoms with Crippen molar-refractivity contribution in [3.63, 3.8) is 0 Å².